The van der Waals surface area contributed by atoms with E-state index in [1.54, 1.807) is 0 Å². The average molecular weight is 368 g/mol. The third-order valence-corrected chi connectivity index (χ3v) is 5.02. The molecule has 1 saturated heterocycles. The molecule has 0 spiro atoms. The van der Waals surface area contributed by atoms with Gasteiger partial charge in [0.25, 0.3) is 0 Å². The summed E-state index contributed by atoms with van der Waals surface area (Å²) in [5, 5.41) is 0. The first-order chi connectivity index (χ1) is 11.9. The number of carbonyl (C=O) groups excluding carboxylic acids is 3. The van der Waals surface area contributed by atoms with E-state index in [9.17, 15) is 14.4 Å². The van der Waals surface area contributed by atoms with Crippen LogP contribution in [0.25, 0.3) is 0 Å². The first-order valence-electron chi connectivity index (χ1n) is 9.54. The van der Waals surface area contributed by atoms with Crippen LogP contribution in [0.1, 0.15) is 61.3 Å². The van der Waals surface area contributed by atoms with Crippen LogP contribution >= 0.6 is 0 Å². The van der Waals surface area contributed by atoms with Crippen LogP contribution in [0.5, 0.6) is 0 Å². The van der Waals surface area contributed by atoms with E-state index in [1.165, 1.54) is 0 Å². The number of fused-ring (bicyclic) bond motifs is 1. The van der Waals surface area contributed by atoms with Crippen molar-refractivity contribution in [3.05, 3.63) is 0 Å². The quantitative estimate of drug-likeness (QED) is 0.562. The maximum Gasteiger partial charge on any atom is 0.309 e. The van der Waals surface area contributed by atoms with Crippen molar-refractivity contribution in [1.29, 1.82) is 0 Å². The first kappa shape index (κ1) is 20.7. The fourth-order valence-electron chi connectivity index (χ4n) is 3.75. The van der Waals surface area contributed by atoms with E-state index in [0.29, 0.717) is 11.8 Å². The number of ether oxygens (including phenoxy) is 3. The van der Waals surface area contributed by atoms with Crippen LogP contribution in [0.2, 0.25) is 0 Å². The molecule has 5 atom stereocenters. The van der Waals surface area contributed by atoms with Gasteiger partial charge in [-0.2, -0.15) is 0 Å². The van der Waals surface area contributed by atoms with Gasteiger partial charge in [0.15, 0.2) is 0 Å². The van der Waals surface area contributed by atoms with Crippen molar-refractivity contribution in [2.45, 2.75) is 79.1 Å². The second kappa shape index (κ2) is 7.57. The van der Waals surface area contributed by atoms with Crippen molar-refractivity contribution >= 4 is 17.9 Å². The van der Waals surface area contributed by atoms with Gasteiger partial charge >= 0.3 is 17.9 Å². The molecule has 148 valence electrons. The van der Waals surface area contributed by atoms with E-state index in [0.717, 1.165) is 12.8 Å². The van der Waals surface area contributed by atoms with Gasteiger partial charge in [0.2, 0.25) is 0 Å². The number of hydrogen-bond acceptors (Lipinski definition) is 6. The van der Waals surface area contributed by atoms with Gasteiger partial charge in [0.05, 0.1) is 17.8 Å². The Bertz CT molecular complexity index is 559. The van der Waals surface area contributed by atoms with Crippen LogP contribution in [0.4, 0.5) is 0 Å². The summed E-state index contributed by atoms with van der Waals surface area (Å²) in [4.78, 5) is 34.0. The van der Waals surface area contributed by atoms with Crippen LogP contribution in [0, 0.1) is 29.6 Å². The molecule has 0 aromatic rings. The van der Waals surface area contributed by atoms with Gasteiger partial charge in [0, 0.05) is 11.8 Å². The molecule has 0 amide bonds. The molecule has 0 radical (unpaired) electrons. The molecule has 3 rings (SSSR count). The van der Waals surface area contributed by atoms with Crippen molar-refractivity contribution in [1.82, 2.24) is 0 Å². The van der Waals surface area contributed by atoms with E-state index >= 15 is 0 Å². The normalized spacial score (nSPS) is 31.6. The molecule has 2 aliphatic carbocycles. The Kier molecular flexibility index (Phi) is 6.03. The van der Waals surface area contributed by atoms with Gasteiger partial charge in [-0.05, 0) is 33.6 Å². The van der Waals surface area contributed by atoms with Gasteiger partial charge in [-0.1, -0.05) is 27.7 Å². The largest absolute Gasteiger partial charge is 0.460 e. The Labute approximate surface area is 155 Å². The van der Waals surface area contributed by atoms with Gasteiger partial charge < -0.3 is 14.2 Å². The topological polar surface area (TPSA) is 78.9 Å². The van der Waals surface area contributed by atoms with Crippen molar-refractivity contribution < 1.29 is 28.6 Å². The summed E-state index contributed by atoms with van der Waals surface area (Å²) in [5.41, 5.74) is -0.346. The molecule has 0 aromatic heterocycles. The smallest absolute Gasteiger partial charge is 0.309 e. The lowest BCUT2D eigenvalue weighted by molar-refractivity contribution is -0.164. The minimum Gasteiger partial charge on any atom is -0.460 e. The van der Waals surface area contributed by atoms with Gasteiger partial charge in [-0.15, -0.1) is 0 Å². The summed E-state index contributed by atoms with van der Waals surface area (Å²) in [5.74, 6) is 0.192. The third kappa shape index (κ3) is 4.57. The predicted molar refractivity (Wildman–Crippen MR) is 95.0 cm³/mol. The first-order valence-corrected chi connectivity index (χ1v) is 9.54. The molecule has 1 aliphatic heterocycles. The van der Waals surface area contributed by atoms with Gasteiger partial charge in [0.1, 0.15) is 17.8 Å². The number of hydrogen-bond donors (Lipinski definition) is 0. The number of esters is 3. The number of rotatable bonds is 3. The lowest BCUT2D eigenvalue weighted by Gasteiger charge is -2.25. The van der Waals surface area contributed by atoms with Gasteiger partial charge in [-0.3, -0.25) is 14.4 Å². The second-order valence-electron chi connectivity index (χ2n) is 9.15. The molecule has 0 aromatic carbocycles. The molecule has 6 heteroatoms. The molecule has 1 heterocycles. The zero-order valence-corrected chi connectivity index (χ0v) is 16.9. The van der Waals surface area contributed by atoms with Crippen LogP contribution in [0.3, 0.4) is 0 Å². The highest BCUT2D eigenvalue weighted by Crippen LogP contribution is 2.55. The molecule has 26 heavy (non-hydrogen) atoms. The standard InChI is InChI=1S/C12H16O4.C8H16O2/c1-5(2)11(13)15-9-6-3-7-8(4-6)12(14)16-10(7)9;1-6(2)7(9)10-8(3,4)5/h5-10H,3-4H2,1-2H3;6H,1-5H3. The molecule has 6 nitrogen and oxygen atoms in total. The zero-order valence-electron chi connectivity index (χ0n) is 16.9. The fraction of sp³-hybridized carbons (Fsp3) is 0.850. The van der Waals surface area contributed by atoms with Crippen LogP contribution in [-0.4, -0.2) is 35.7 Å². The third-order valence-electron chi connectivity index (χ3n) is 5.02. The summed E-state index contributed by atoms with van der Waals surface area (Å²) in [6.45, 7) is 12.9. The second-order valence-corrected chi connectivity index (χ2v) is 9.15. The molecule has 5 unspecified atom stereocenters. The summed E-state index contributed by atoms with van der Waals surface area (Å²) >= 11 is 0. The van der Waals surface area contributed by atoms with E-state index < -0.39 is 0 Å². The molecule has 2 saturated carbocycles. The van der Waals surface area contributed by atoms with E-state index in [-0.39, 0.29) is 53.5 Å². The maximum atomic E-state index is 11.6. The molecule has 2 bridgehead atoms. The summed E-state index contributed by atoms with van der Waals surface area (Å²) in [7, 11) is 0. The Morgan fingerprint density at radius 1 is 1.04 bits per heavy atom. The monoisotopic (exact) mass is 368 g/mol. The SMILES string of the molecule is CC(C)C(=O)OC(C)(C)C.CC(C)C(=O)OC1C2CC3C(=O)OC1C3C2. The maximum absolute atomic E-state index is 11.6. The molecule has 0 N–H and O–H groups in total. The summed E-state index contributed by atoms with van der Waals surface area (Å²) < 4.78 is 15.8. The number of carbonyl (C=O) groups is 3. The van der Waals surface area contributed by atoms with E-state index in [4.69, 9.17) is 14.2 Å². The average Bonchev–Trinajstić information content (AvgIpc) is 3.10. The van der Waals surface area contributed by atoms with Crippen molar-refractivity contribution in [2.75, 3.05) is 0 Å². The fourth-order valence-corrected chi connectivity index (χ4v) is 3.75. The predicted octanol–water partition coefficient (Wildman–Crippen LogP) is 3.12. The Morgan fingerprint density at radius 2 is 1.62 bits per heavy atom. The minimum atomic E-state index is -0.346. The van der Waals surface area contributed by atoms with Crippen molar-refractivity contribution in [3.63, 3.8) is 0 Å². The lowest BCUT2D eigenvalue weighted by atomic mass is 9.88. The van der Waals surface area contributed by atoms with Crippen LogP contribution < -0.4 is 0 Å². The van der Waals surface area contributed by atoms with Crippen LogP contribution in [-0.2, 0) is 28.6 Å². The lowest BCUT2D eigenvalue weighted by Crippen LogP contribution is -2.36. The molecular formula is C20H32O6. The zero-order chi connectivity index (χ0) is 19.8. The highest BCUT2D eigenvalue weighted by molar-refractivity contribution is 5.77. The van der Waals surface area contributed by atoms with E-state index in [2.05, 4.69) is 0 Å². The van der Waals surface area contributed by atoms with Crippen LogP contribution in [0.15, 0.2) is 0 Å². The Morgan fingerprint density at radius 3 is 2.08 bits per heavy atom. The molecule has 3 fully saturated rings. The highest BCUT2D eigenvalue weighted by Gasteiger charge is 2.63. The molecular weight excluding hydrogens is 336 g/mol. The van der Waals surface area contributed by atoms with Crippen molar-refractivity contribution in [3.8, 4) is 0 Å². The van der Waals surface area contributed by atoms with Crippen molar-refractivity contribution in [2.24, 2.45) is 29.6 Å². The Balaban J connectivity index is 0.000000213. The highest BCUT2D eigenvalue weighted by atomic mass is 16.6. The minimum absolute atomic E-state index is 0.0285. The summed E-state index contributed by atoms with van der Waals surface area (Å²) in [6, 6.07) is 0. The molecule has 3 aliphatic rings. The Hall–Kier alpha value is -1.59. The van der Waals surface area contributed by atoms with E-state index in [1.807, 2.05) is 48.5 Å². The summed E-state index contributed by atoms with van der Waals surface area (Å²) in [6.07, 6.45) is 1.49. The van der Waals surface area contributed by atoms with Gasteiger partial charge in [-0.25, -0.2) is 0 Å².